The molecular formula is C20H20ClF3N4O4. The van der Waals surface area contributed by atoms with Crippen LogP contribution >= 0.6 is 11.6 Å². The first kappa shape index (κ1) is 22.7. The summed E-state index contributed by atoms with van der Waals surface area (Å²) in [6, 6.07) is 4.49. The smallest absolute Gasteiger partial charge is 0.435 e. The maximum absolute atomic E-state index is 13.6. The van der Waals surface area contributed by atoms with Crippen LogP contribution in [0.4, 0.5) is 13.2 Å². The fourth-order valence-corrected chi connectivity index (χ4v) is 3.70. The van der Waals surface area contributed by atoms with Crippen molar-refractivity contribution in [2.24, 2.45) is 0 Å². The van der Waals surface area contributed by atoms with Crippen molar-refractivity contribution in [3.8, 4) is 11.6 Å². The molecule has 0 N–H and O–H groups in total. The van der Waals surface area contributed by atoms with E-state index in [1.165, 1.54) is 26.4 Å². The number of methoxy groups -OCH3 is 2. The Morgan fingerprint density at radius 2 is 2.03 bits per heavy atom. The number of pyridine rings is 2. The molecular weight excluding hydrogens is 453 g/mol. The van der Waals surface area contributed by atoms with Gasteiger partial charge in [-0.15, -0.1) is 0 Å². The summed E-state index contributed by atoms with van der Waals surface area (Å²) in [6.45, 7) is 1.28. The first-order valence-corrected chi connectivity index (χ1v) is 10.0. The van der Waals surface area contributed by atoms with E-state index in [4.69, 9.17) is 30.5 Å². The third-order valence-electron chi connectivity index (χ3n) is 5.20. The standard InChI is InChI=1S/C20H20ClF3N4O4/c1-29-5-6-32-12-7-15(19(30-2)3-4-31-11-19)26-17(8-12)28-14-9-16(21)25-10-13(14)18(27-28)20(22,23)24/h7-10H,3-6,11H2,1-2H3/t19-/m0/s1. The monoisotopic (exact) mass is 472 g/mol. The third kappa shape index (κ3) is 4.25. The van der Waals surface area contributed by atoms with Crippen molar-refractivity contribution in [2.75, 3.05) is 40.6 Å². The van der Waals surface area contributed by atoms with E-state index in [0.29, 0.717) is 31.1 Å². The van der Waals surface area contributed by atoms with Gasteiger partial charge in [0, 0.05) is 51.6 Å². The molecule has 1 aliphatic rings. The highest BCUT2D eigenvalue weighted by atomic mass is 35.5. The molecule has 0 saturated carbocycles. The molecule has 172 valence electrons. The van der Waals surface area contributed by atoms with Gasteiger partial charge in [0.25, 0.3) is 0 Å². The van der Waals surface area contributed by atoms with Gasteiger partial charge >= 0.3 is 6.18 Å². The fourth-order valence-electron chi connectivity index (χ4n) is 3.54. The van der Waals surface area contributed by atoms with E-state index in [0.717, 1.165) is 10.9 Å². The van der Waals surface area contributed by atoms with Gasteiger partial charge in [-0.25, -0.2) is 14.6 Å². The molecule has 3 aromatic rings. The minimum absolute atomic E-state index is 0.0256. The summed E-state index contributed by atoms with van der Waals surface area (Å²) in [7, 11) is 3.07. The molecule has 1 aliphatic heterocycles. The zero-order valence-corrected chi connectivity index (χ0v) is 18.0. The maximum atomic E-state index is 13.6. The minimum atomic E-state index is -4.69. The normalized spacial score (nSPS) is 19.1. The van der Waals surface area contributed by atoms with E-state index in [9.17, 15) is 13.2 Å². The highest BCUT2D eigenvalue weighted by Crippen LogP contribution is 2.38. The molecule has 4 rings (SSSR count). The molecule has 1 atom stereocenters. The van der Waals surface area contributed by atoms with Crippen LogP contribution in [-0.2, 0) is 26.0 Å². The lowest BCUT2D eigenvalue weighted by atomic mass is 9.97. The Kier molecular flexibility index (Phi) is 6.26. The minimum Gasteiger partial charge on any atom is -0.491 e. The van der Waals surface area contributed by atoms with Crippen LogP contribution in [0.1, 0.15) is 17.8 Å². The van der Waals surface area contributed by atoms with Crippen LogP contribution in [0, 0.1) is 0 Å². The van der Waals surface area contributed by atoms with E-state index in [1.807, 2.05) is 0 Å². The predicted molar refractivity (Wildman–Crippen MR) is 108 cm³/mol. The van der Waals surface area contributed by atoms with Gasteiger partial charge in [0.15, 0.2) is 11.5 Å². The number of alkyl halides is 3. The van der Waals surface area contributed by atoms with Crippen LogP contribution in [0.3, 0.4) is 0 Å². The van der Waals surface area contributed by atoms with Crippen LogP contribution in [0.5, 0.6) is 5.75 Å². The van der Waals surface area contributed by atoms with Crippen molar-refractivity contribution in [1.29, 1.82) is 0 Å². The molecule has 0 aliphatic carbocycles. The number of ether oxygens (including phenoxy) is 4. The van der Waals surface area contributed by atoms with E-state index in [2.05, 4.69) is 15.1 Å². The fraction of sp³-hybridized carbons (Fsp3) is 0.450. The van der Waals surface area contributed by atoms with Crippen LogP contribution < -0.4 is 4.74 Å². The topological polar surface area (TPSA) is 80.5 Å². The number of nitrogens with zero attached hydrogens (tertiary/aromatic N) is 4. The summed E-state index contributed by atoms with van der Waals surface area (Å²) in [5, 5.41) is 3.64. The molecule has 0 spiro atoms. The average molecular weight is 473 g/mol. The van der Waals surface area contributed by atoms with Crippen molar-refractivity contribution in [1.82, 2.24) is 19.7 Å². The van der Waals surface area contributed by atoms with Gasteiger partial charge in [0.2, 0.25) is 0 Å². The zero-order valence-electron chi connectivity index (χ0n) is 17.3. The molecule has 3 aromatic heterocycles. The van der Waals surface area contributed by atoms with E-state index < -0.39 is 17.5 Å². The van der Waals surface area contributed by atoms with Gasteiger partial charge in [0.1, 0.15) is 23.1 Å². The lowest BCUT2D eigenvalue weighted by Crippen LogP contribution is -2.30. The Bertz CT molecular complexity index is 1120. The SMILES string of the molecule is COCCOc1cc(-n2nc(C(F)(F)F)c3cnc(Cl)cc32)nc([C@]2(OC)CCOC2)c1. The quantitative estimate of drug-likeness (QED) is 0.382. The highest BCUT2D eigenvalue weighted by molar-refractivity contribution is 6.30. The van der Waals surface area contributed by atoms with E-state index >= 15 is 0 Å². The molecule has 0 radical (unpaired) electrons. The molecule has 0 amide bonds. The van der Waals surface area contributed by atoms with Gasteiger partial charge in [-0.1, -0.05) is 11.6 Å². The summed E-state index contributed by atoms with van der Waals surface area (Å²) < 4.78 is 64.0. The molecule has 1 saturated heterocycles. The Balaban J connectivity index is 1.91. The molecule has 0 bridgehead atoms. The number of rotatable bonds is 7. The molecule has 32 heavy (non-hydrogen) atoms. The van der Waals surface area contributed by atoms with Crippen LogP contribution in [-0.4, -0.2) is 60.4 Å². The second-order valence-electron chi connectivity index (χ2n) is 7.17. The predicted octanol–water partition coefficient (Wildman–Crippen LogP) is 3.77. The van der Waals surface area contributed by atoms with Gasteiger partial charge in [-0.3, -0.25) is 0 Å². The first-order valence-electron chi connectivity index (χ1n) is 9.66. The van der Waals surface area contributed by atoms with Crippen LogP contribution in [0.15, 0.2) is 24.4 Å². The van der Waals surface area contributed by atoms with Crippen molar-refractivity contribution in [2.45, 2.75) is 18.2 Å². The molecule has 1 fully saturated rings. The number of fused-ring (bicyclic) bond motifs is 1. The summed E-state index contributed by atoms with van der Waals surface area (Å²) in [5.74, 6) is 0.490. The average Bonchev–Trinajstić information content (AvgIpc) is 3.39. The maximum Gasteiger partial charge on any atom is 0.435 e. The van der Waals surface area contributed by atoms with Crippen molar-refractivity contribution >= 4 is 22.5 Å². The van der Waals surface area contributed by atoms with Gasteiger partial charge in [0.05, 0.1) is 29.8 Å². The molecule has 8 nitrogen and oxygen atoms in total. The van der Waals surface area contributed by atoms with Crippen molar-refractivity contribution in [3.05, 3.63) is 40.9 Å². The van der Waals surface area contributed by atoms with Crippen LogP contribution in [0.2, 0.25) is 5.15 Å². The lowest BCUT2D eigenvalue weighted by molar-refractivity contribution is -0.140. The number of aromatic nitrogens is 4. The summed E-state index contributed by atoms with van der Waals surface area (Å²) >= 11 is 5.97. The molecule has 0 aromatic carbocycles. The number of hydrogen-bond donors (Lipinski definition) is 0. The number of halogens is 4. The van der Waals surface area contributed by atoms with Gasteiger partial charge in [-0.05, 0) is 0 Å². The van der Waals surface area contributed by atoms with Gasteiger partial charge < -0.3 is 18.9 Å². The first-order chi connectivity index (χ1) is 15.3. The number of hydrogen-bond acceptors (Lipinski definition) is 7. The molecule has 0 unspecified atom stereocenters. The molecule has 12 heteroatoms. The van der Waals surface area contributed by atoms with E-state index in [1.54, 1.807) is 6.07 Å². The Hall–Kier alpha value is -2.47. The van der Waals surface area contributed by atoms with Crippen LogP contribution in [0.25, 0.3) is 16.7 Å². The zero-order chi connectivity index (χ0) is 22.9. The second kappa shape index (κ2) is 8.81. The van der Waals surface area contributed by atoms with E-state index in [-0.39, 0.29) is 35.1 Å². The summed E-state index contributed by atoms with van der Waals surface area (Å²) in [5.41, 5.74) is -1.38. The Morgan fingerprint density at radius 1 is 1.22 bits per heavy atom. The molecule has 4 heterocycles. The van der Waals surface area contributed by atoms with Crippen molar-refractivity contribution < 1.29 is 32.1 Å². The Morgan fingerprint density at radius 3 is 2.69 bits per heavy atom. The van der Waals surface area contributed by atoms with Gasteiger partial charge in [-0.2, -0.15) is 18.3 Å². The summed E-state index contributed by atoms with van der Waals surface area (Å²) in [4.78, 5) is 8.36. The largest absolute Gasteiger partial charge is 0.491 e. The highest BCUT2D eigenvalue weighted by Gasteiger charge is 2.40. The lowest BCUT2D eigenvalue weighted by Gasteiger charge is -2.26. The second-order valence-corrected chi connectivity index (χ2v) is 7.56. The third-order valence-corrected chi connectivity index (χ3v) is 5.41. The summed E-state index contributed by atoms with van der Waals surface area (Å²) in [6.07, 6.45) is -3.12. The van der Waals surface area contributed by atoms with Crippen molar-refractivity contribution in [3.63, 3.8) is 0 Å². The Labute approximate surface area is 186 Å².